The summed E-state index contributed by atoms with van der Waals surface area (Å²) in [4.78, 5) is 0. The fourth-order valence-electron chi connectivity index (χ4n) is 2.67. The Labute approximate surface area is 76.7 Å². The van der Waals surface area contributed by atoms with Crippen LogP contribution >= 0.6 is 0 Å². The molecule has 1 heteroatoms. The Morgan fingerprint density at radius 2 is 1.92 bits per heavy atom. The molecule has 0 amide bonds. The zero-order valence-corrected chi connectivity index (χ0v) is 8.98. The molecule has 1 nitrogen and oxygen atoms in total. The maximum atomic E-state index is 6.49. The topological polar surface area (TPSA) is 26.0 Å². The van der Waals surface area contributed by atoms with E-state index in [9.17, 15) is 0 Å². The molecule has 0 heterocycles. The van der Waals surface area contributed by atoms with Crippen LogP contribution in [0.3, 0.4) is 0 Å². The average molecular weight is 169 g/mol. The van der Waals surface area contributed by atoms with Gasteiger partial charge in [0.25, 0.3) is 0 Å². The first-order valence-corrected chi connectivity index (χ1v) is 5.23. The van der Waals surface area contributed by atoms with Crippen molar-refractivity contribution in [1.29, 1.82) is 0 Å². The maximum Gasteiger partial charge on any atom is 0.0231 e. The van der Waals surface area contributed by atoms with E-state index in [0.717, 1.165) is 0 Å². The average Bonchev–Trinajstić information content (AvgIpc) is 2.26. The summed E-state index contributed by atoms with van der Waals surface area (Å²) in [6.45, 7) is 9.19. The van der Waals surface area contributed by atoms with Gasteiger partial charge in [-0.3, -0.25) is 0 Å². The molecule has 2 atom stereocenters. The molecule has 1 saturated carbocycles. The monoisotopic (exact) mass is 169 g/mol. The van der Waals surface area contributed by atoms with Crippen LogP contribution in [0.5, 0.6) is 0 Å². The van der Waals surface area contributed by atoms with Gasteiger partial charge in [0.15, 0.2) is 0 Å². The molecule has 0 aromatic carbocycles. The first-order valence-electron chi connectivity index (χ1n) is 5.23. The minimum Gasteiger partial charge on any atom is -0.324 e. The zero-order chi connectivity index (χ0) is 9.41. The normalized spacial score (nSPS) is 36.8. The number of hydrogen-bond donors (Lipinski definition) is 1. The van der Waals surface area contributed by atoms with Gasteiger partial charge in [-0.2, -0.15) is 0 Å². The van der Waals surface area contributed by atoms with Crippen LogP contribution in [0.1, 0.15) is 53.4 Å². The molecule has 0 bridgehead atoms. The summed E-state index contributed by atoms with van der Waals surface area (Å²) in [5.41, 5.74) is 6.94. The molecule has 0 radical (unpaired) electrons. The van der Waals surface area contributed by atoms with E-state index in [0.29, 0.717) is 11.3 Å². The van der Waals surface area contributed by atoms with Gasteiger partial charge in [-0.1, -0.05) is 40.5 Å². The lowest BCUT2D eigenvalue weighted by molar-refractivity contribution is 0.136. The lowest BCUT2D eigenvalue weighted by Crippen LogP contribution is -2.53. The first-order chi connectivity index (χ1) is 5.44. The molecule has 2 unspecified atom stereocenters. The zero-order valence-electron chi connectivity index (χ0n) is 8.98. The van der Waals surface area contributed by atoms with E-state index in [-0.39, 0.29) is 5.54 Å². The minimum absolute atomic E-state index is 0.0990. The van der Waals surface area contributed by atoms with Crippen molar-refractivity contribution in [3.8, 4) is 0 Å². The van der Waals surface area contributed by atoms with Gasteiger partial charge in [0.1, 0.15) is 0 Å². The van der Waals surface area contributed by atoms with Crippen molar-refractivity contribution in [3.05, 3.63) is 0 Å². The number of nitrogens with two attached hydrogens (primary N) is 1. The van der Waals surface area contributed by atoms with Crippen molar-refractivity contribution in [3.63, 3.8) is 0 Å². The number of hydrogen-bond acceptors (Lipinski definition) is 1. The molecule has 12 heavy (non-hydrogen) atoms. The SMILES string of the molecule is CCC(C)C1(N)CCCC1(C)C. The van der Waals surface area contributed by atoms with Gasteiger partial charge in [-0.05, 0) is 24.2 Å². The highest BCUT2D eigenvalue weighted by atomic mass is 14.8. The summed E-state index contributed by atoms with van der Waals surface area (Å²) in [5.74, 6) is 0.662. The molecule has 0 saturated heterocycles. The second kappa shape index (κ2) is 3.02. The third-order valence-corrected chi connectivity index (χ3v) is 4.14. The van der Waals surface area contributed by atoms with Crippen LogP contribution in [-0.2, 0) is 0 Å². The smallest absolute Gasteiger partial charge is 0.0231 e. The molecule has 72 valence electrons. The van der Waals surface area contributed by atoms with E-state index in [1.807, 2.05) is 0 Å². The lowest BCUT2D eigenvalue weighted by atomic mass is 9.68. The van der Waals surface area contributed by atoms with Gasteiger partial charge in [0.05, 0.1) is 0 Å². The van der Waals surface area contributed by atoms with E-state index in [1.165, 1.54) is 25.7 Å². The Kier molecular flexibility index (Phi) is 2.53. The molecule has 1 aliphatic carbocycles. The number of rotatable bonds is 2. The van der Waals surface area contributed by atoms with E-state index in [1.54, 1.807) is 0 Å². The molecule has 1 rings (SSSR count). The van der Waals surface area contributed by atoms with Crippen molar-refractivity contribution in [2.24, 2.45) is 17.1 Å². The summed E-state index contributed by atoms with van der Waals surface area (Å²) in [5, 5.41) is 0. The molecule has 0 aliphatic heterocycles. The Hall–Kier alpha value is -0.0400. The van der Waals surface area contributed by atoms with Crippen molar-refractivity contribution < 1.29 is 0 Å². The molecule has 0 aromatic rings. The highest BCUT2D eigenvalue weighted by molar-refractivity contribution is 5.04. The van der Waals surface area contributed by atoms with E-state index < -0.39 is 0 Å². The maximum absolute atomic E-state index is 6.49. The summed E-state index contributed by atoms with van der Waals surface area (Å²) in [7, 11) is 0. The largest absolute Gasteiger partial charge is 0.324 e. The molecule has 0 spiro atoms. The van der Waals surface area contributed by atoms with Crippen LogP contribution in [0.4, 0.5) is 0 Å². The third-order valence-electron chi connectivity index (χ3n) is 4.14. The van der Waals surface area contributed by atoms with E-state index in [4.69, 9.17) is 5.73 Å². The van der Waals surface area contributed by atoms with Crippen LogP contribution in [0.2, 0.25) is 0 Å². The summed E-state index contributed by atoms with van der Waals surface area (Å²) in [6, 6.07) is 0. The molecular formula is C11H23N. The molecular weight excluding hydrogens is 146 g/mol. The Morgan fingerprint density at radius 3 is 2.25 bits per heavy atom. The van der Waals surface area contributed by atoms with Gasteiger partial charge in [-0.15, -0.1) is 0 Å². The third kappa shape index (κ3) is 1.28. The van der Waals surface area contributed by atoms with Gasteiger partial charge >= 0.3 is 0 Å². The summed E-state index contributed by atoms with van der Waals surface area (Å²) in [6.07, 6.45) is 5.04. The minimum atomic E-state index is 0.0990. The quantitative estimate of drug-likeness (QED) is 0.675. The highest BCUT2D eigenvalue weighted by Gasteiger charge is 2.48. The van der Waals surface area contributed by atoms with Crippen molar-refractivity contribution in [2.45, 2.75) is 58.9 Å². The fraction of sp³-hybridized carbons (Fsp3) is 1.00. The van der Waals surface area contributed by atoms with Gasteiger partial charge < -0.3 is 5.73 Å². The van der Waals surface area contributed by atoms with Crippen molar-refractivity contribution in [1.82, 2.24) is 0 Å². The molecule has 0 aromatic heterocycles. The van der Waals surface area contributed by atoms with E-state index >= 15 is 0 Å². The Balaban J connectivity index is 2.82. The standard InChI is InChI=1S/C11H23N/c1-5-9(2)11(12)8-6-7-10(11,3)4/h9H,5-8,12H2,1-4H3. The van der Waals surface area contributed by atoms with Crippen LogP contribution < -0.4 is 5.73 Å². The van der Waals surface area contributed by atoms with Crippen LogP contribution in [0.25, 0.3) is 0 Å². The van der Waals surface area contributed by atoms with Gasteiger partial charge in [0.2, 0.25) is 0 Å². The predicted molar refractivity (Wildman–Crippen MR) is 54.0 cm³/mol. The lowest BCUT2D eigenvalue weighted by Gasteiger charge is -2.43. The molecule has 1 aliphatic rings. The van der Waals surface area contributed by atoms with Gasteiger partial charge in [0, 0.05) is 5.54 Å². The van der Waals surface area contributed by atoms with Crippen molar-refractivity contribution >= 4 is 0 Å². The van der Waals surface area contributed by atoms with Crippen LogP contribution in [-0.4, -0.2) is 5.54 Å². The second-order valence-electron chi connectivity index (χ2n) is 5.09. The summed E-state index contributed by atoms with van der Waals surface area (Å²) < 4.78 is 0. The van der Waals surface area contributed by atoms with Gasteiger partial charge in [-0.25, -0.2) is 0 Å². The van der Waals surface area contributed by atoms with Crippen LogP contribution in [0, 0.1) is 11.3 Å². The fourth-order valence-corrected chi connectivity index (χ4v) is 2.67. The van der Waals surface area contributed by atoms with E-state index in [2.05, 4.69) is 27.7 Å². The molecule has 1 fully saturated rings. The first kappa shape index (κ1) is 10.0. The van der Waals surface area contributed by atoms with Crippen LogP contribution in [0.15, 0.2) is 0 Å². The predicted octanol–water partition coefficient (Wildman–Crippen LogP) is 2.94. The Morgan fingerprint density at radius 1 is 1.33 bits per heavy atom. The Bertz CT molecular complexity index is 162. The summed E-state index contributed by atoms with van der Waals surface area (Å²) >= 11 is 0. The highest BCUT2D eigenvalue weighted by Crippen LogP contribution is 2.48. The second-order valence-corrected chi connectivity index (χ2v) is 5.09. The van der Waals surface area contributed by atoms with Crippen molar-refractivity contribution in [2.75, 3.05) is 0 Å². The molecule has 2 N–H and O–H groups in total.